The van der Waals surface area contributed by atoms with Gasteiger partial charge in [0.2, 0.25) is 0 Å². The highest BCUT2D eigenvalue weighted by molar-refractivity contribution is 9.10. The number of rotatable bonds is 8. The normalized spacial score (nSPS) is 15.0. The number of carbonyl (C=O) groups excluding carboxylic acids is 1. The third-order valence-electron chi connectivity index (χ3n) is 5.12. The second kappa shape index (κ2) is 11.8. The summed E-state index contributed by atoms with van der Waals surface area (Å²) >= 11 is 4.84. The number of nitriles is 1. The fourth-order valence-corrected chi connectivity index (χ4v) is 4.62. The Morgan fingerprint density at radius 3 is 2.58 bits per heavy atom. The van der Waals surface area contributed by atoms with Crippen LogP contribution in [0.15, 0.2) is 75.0 Å². The van der Waals surface area contributed by atoms with Crippen LogP contribution in [0.25, 0.3) is 6.08 Å². The number of thioether (sulfide) groups is 1. The van der Waals surface area contributed by atoms with Gasteiger partial charge in [0.25, 0.3) is 5.91 Å². The van der Waals surface area contributed by atoms with Gasteiger partial charge in [-0.15, -0.1) is 0 Å². The fraction of sp³-hybridized carbons (Fsp3) is 0.148. The lowest BCUT2D eigenvalue weighted by molar-refractivity contribution is -0.115. The molecule has 0 unspecified atom stereocenters. The van der Waals surface area contributed by atoms with Crippen molar-refractivity contribution in [3.63, 3.8) is 0 Å². The van der Waals surface area contributed by atoms with E-state index in [9.17, 15) is 10.1 Å². The summed E-state index contributed by atoms with van der Waals surface area (Å²) in [4.78, 5) is 17.6. The maximum atomic E-state index is 12.6. The lowest BCUT2D eigenvalue weighted by Gasteiger charge is -2.14. The minimum atomic E-state index is -0.231. The van der Waals surface area contributed by atoms with Crippen molar-refractivity contribution >= 4 is 50.5 Å². The smallest absolute Gasteiger partial charge is 0.264 e. The molecule has 36 heavy (non-hydrogen) atoms. The van der Waals surface area contributed by atoms with E-state index in [1.807, 2.05) is 55.5 Å². The Kier molecular flexibility index (Phi) is 8.31. The number of methoxy groups -OCH3 is 1. The lowest BCUT2D eigenvalue weighted by atomic mass is 10.1. The van der Waals surface area contributed by atoms with E-state index < -0.39 is 0 Å². The van der Waals surface area contributed by atoms with Crippen molar-refractivity contribution in [2.45, 2.75) is 13.5 Å². The number of amidine groups is 1. The number of benzene rings is 3. The van der Waals surface area contributed by atoms with Crippen molar-refractivity contribution in [1.82, 2.24) is 5.32 Å². The quantitative estimate of drug-likeness (QED) is 0.328. The van der Waals surface area contributed by atoms with Gasteiger partial charge in [0.05, 0.1) is 35.9 Å². The van der Waals surface area contributed by atoms with Crippen LogP contribution in [0.5, 0.6) is 17.2 Å². The van der Waals surface area contributed by atoms with Crippen LogP contribution >= 0.6 is 27.7 Å². The van der Waals surface area contributed by atoms with Crippen molar-refractivity contribution in [2.24, 2.45) is 4.99 Å². The maximum absolute atomic E-state index is 12.6. The fourth-order valence-electron chi connectivity index (χ4n) is 3.35. The highest BCUT2D eigenvalue weighted by Gasteiger charge is 2.24. The van der Waals surface area contributed by atoms with Gasteiger partial charge in [-0.3, -0.25) is 4.79 Å². The second-order valence-electron chi connectivity index (χ2n) is 7.49. The first-order valence-corrected chi connectivity index (χ1v) is 12.6. The average molecular weight is 564 g/mol. The number of nitrogens with zero attached hydrogens (tertiary/aromatic N) is 2. The van der Waals surface area contributed by atoms with Crippen LogP contribution in [0.1, 0.15) is 23.6 Å². The molecule has 1 fully saturated rings. The number of amides is 1. The molecule has 1 aliphatic heterocycles. The predicted molar refractivity (Wildman–Crippen MR) is 145 cm³/mol. The topological polar surface area (TPSA) is 92.9 Å². The second-order valence-corrected chi connectivity index (χ2v) is 9.38. The third kappa shape index (κ3) is 6.08. The Morgan fingerprint density at radius 2 is 1.86 bits per heavy atom. The molecule has 4 rings (SSSR count). The maximum Gasteiger partial charge on any atom is 0.264 e. The molecule has 1 heterocycles. The molecule has 0 saturated carbocycles. The van der Waals surface area contributed by atoms with E-state index in [-0.39, 0.29) is 12.5 Å². The lowest BCUT2D eigenvalue weighted by Crippen LogP contribution is -2.19. The third-order valence-corrected chi connectivity index (χ3v) is 6.72. The van der Waals surface area contributed by atoms with Crippen LogP contribution in [-0.4, -0.2) is 24.8 Å². The molecule has 1 N–H and O–H groups in total. The molecule has 7 nitrogen and oxygen atoms in total. The molecule has 9 heteroatoms. The summed E-state index contributed by atoms with van der Waals surface area (Å²) in [5, 5.41) is 12.6. The van der Waals surface area contributed by atoms with Gasteiger partial charge >= 0.3 is 0 Å². The zero-order valence-electron chi connectivity index (χ0n) is 19.6. The van der Waals surface area contributed by atoms with Crippen LogP contribution in [0, 0.1) is 11.3 Å². The standard InChI is InChI=1S/C27H22BrN3O4S/c1-3-34-23-12-19(22(28)14-24(23)35-16-18-7-5-4-6-17(18)15-29)13-25-26(32)31-27(36-25)30-20-8-10-21(33-2)11-9-20/h4-14H,3,16H2,1-2H3,(H,30,31,32)/b25-13+. The molecule has 3 aromatic carbocycles. The molecule has 0 bridgehead atoms. The predicted octanol–water partition coefficient (Wildman–Crippen LogP) is 6.20. The number of ether oxygens (including phenoxy) is 3. The van der Waals surface area contributed by atoms with Crippen LogP contribution in [0.2, 0.25) is 0 Å². The monoisotopic (exact) mass is 563 g/mol. The molecule has 0 spiro atoms. The van der Waals surface area contributed by atoms with Gasteiger partial charge in [-0.1, -0.05) is 34.1 Å². The highest BCUT2D eigenvalue weighted by atomic mass is 79.9. The molecule has 0 aromatic heterocycles. The van der Waals surface area contributed by atoms with Gasteiger partial charge in [0, 0.05) is 10.0 Å². The average Bonchev–Trinajstić information content (AvgIpc) is 3.23. The first kappa shape index (κ1) is 25.4. The minimum Gasteiger partial charge on any atom is -0.497 e. The van der Waals surface area contributed by atoms with Gasteiger partial charge in [0.1, 0.15) is 12.4 Å². The molecule has 182 valence electrons. The number of hydrogen-bond acceptors (Lipinski definition) is 7. The molecular formula is C27H22BrN3O4S. The summed E-state index contributed by atoms with van der Waals surface area (Å²) in [5.41, 5.74) is 2.81. The van der Waals surface area contributed by atoms with Crippen LogP contribution in [-0.2, 0) is 11.4 Å². The van der Waals surface area contributed by atoms with Crippen molar-refractivity contribution < 1.29 is 19.0 Å². The summed E-state index contributed by atoms with van der Waals surface area (Å²) in [6, 6.07) is 20.3. The van der Waals surface area contributed by atoms with Crippen LogP contribution in [0.3, 0.4) is 0 Å². The van der Waals surface area contributed by atoms with Crippen molar-refractivity contribution in [3.05, 3.63) is 86.7 Å². The van der Waals surface area contributed by atoms with Gasteiger partial charge in [-0.05, 0) is 72.8 Å². The summed E-state index contributed by atoms with van der Waals surface area (Å²) in [6.45, 7) is 2.55. The summed E-state index contributed by atoms with van der Waals surface area (Å²) in [6.07, 6.45) is 1.78. The number of hydrogen-bond donors (Lipinski definition) is 1. The Hall–Kier alpha value is -3.74. The Morgan fingerprint density at radius 1 is 1.11 bits per heavy atom. The zero-order chi connectivity index (χ0) is 25.5. The molecule has 1 saturated heterocycles. The van der Waals surface area contributed by atoms with Gasteiger partial charge < -0.3 is 19.5 Å². The van der Waals surface area contributed by atoms with Crippen LogP contribution in [0.4, 0.5) is 5.69 Å². The van der Waals surface area contributed by atoms with E-state index in [4.69, 9.17) is 14.2 Å². The van der Waals surface area contributed by atoms with E-state index in [1.54, 1.807) is 25.3 Å². The van der Waals surface area contributed by atoms with Gasteiger partial charge in [-0.25, -0.2) is 4.99 Å². The Labute approximate surface area is 221 Å². The largest absolute Gasteiger partial charge is 0.497 e. The summed E-state index contributed by atoms with van der Waals surface area (Å²) in [5.74, 6) is 1.58. The summed E-state index contributed by atoms with van der Waals surface area (Å²) in [7, 11) is 1.60. The first-order chi connectivity index (χ1) is 17.5. The first-order valence-electron chi connectivity index (χ1n) is 11.0. The molecular weight excluding hydrogens is 542 g/mol. The number of nitrogens with one attached hydrogen (secondary N) is 1. The molecule has 1 amide bonds. The summed E-state index contributed by atoms with van der Waals surface area (Å²) < 4.78 is 17.7. The minimum absolute atomic E-state index is 0.222. The molecule has 1 aliphatic rings. The van der Waals surface area contributed by atoms with E-state index >= 15 is 0 Å². The van der Waals surface area contributed by atoms with Crippen molar-refractivity contribution in [2.75, 3.05) is 13.7 Å². The van der Waals surface area contributed by atoms with Gasteiger partial charge in [0.15, 0.2) is 16.7 Å². The molecule has 0 aliphatic carbocycles. The van der Waals surface area contributed by atoms with E-state index in [0.717, 1.165) is 21.3 Å². The van der Waals surface area contributed by atoms with Crippen molar-refractivity contribution in [1.29, 1.82) is 5.26 Å². The van der Waals surface area contributed by atoms with Crippen LogP contribution < -0.4 is 19.5 Å². The van der Waals surface area contributed by atoms with E-state index in [2.05, 4.69) is 32.3 Å². The van der Waals surface area contributed by atoms with E-state index in [0.29, 0.717) is 39.4 Å². The van der Waals surface area contributed by atoms with E-state index in [1.165, 1.54) is 11.8 Å². The number of halogens is 1. The Bertz CT molecular complexity index is 1380. The van der Waals surface area contributed by atoms with Gasteiger partial charge in [-0.2, -0.15) is 5.26 Å². The molecule has 3 aromatic rings. The zero-order valence-corrected chi connectivity index (χ0v) is 22.0. The number of carbonyl (C=O) groups is 1. The molecule has 0 atom stereocenters. The highest BCUT2D eigenvalue weighted by Crippen LogP contribution is 2.37. The molecule has 0 radical (unpaired) electrons. The number of aliphatic imine (C=N–C) groups is 1. The SMILES string of the molecule is CCOc1cc(/C=C2/SC(=Nc3ccc(OC)cc3)NC2=O)c(Br)cc1OCc1ccccc1C#N. The Balaban J connectivity index is 1.55. The van der Waals surface area contributed by atoms with Crippen molar-refractivity contribution in [3.8, 4) is 23.3 Å².